The van der Waals surface area contributed by atoms with Crippen LogP contribution in [-0.2, 0) is 4.79 Å². The van der Waals surface area contributed by atoms with Crippen LogP contribution in [-0.4, -0.2) is 26.4 Å². The Labute approximate surface area is 186 Å². The molecular formula is C25H24N4OS. The zero-order valence-corrected chi connectivity index (χ0v) is 18.6. The summed E-state index contributed by atoms with van der Waals surface area (Å²) in [7, 11) is 0. The van der Waals surface area contributed by atoms with Gasteiger partial charge in [0.15, 0.2) is 5.16 Å². The Morgan fingerprint density at radius 3 is 2.48 bits per heavy atom. The second kappa shape index (κ2) is 9.18. The third-order valence-electron chi connectivity index (χ3n) is 5.02. The number of nitrogens with zero attached hydrogens (tertiary/aromatic N) is 3. The van der Waals surface area contributed by atoms with Crippen molar-refractivity contribution >= 4 is 23.4 Å². The van der Waals surface area contributed by atoms with Gasteiger partial charge < -0.3 is 5.32 Å². The number of carbonyl (C=O) groups excluding carboxylic acids is 1. The largest absolute Gasteiger partial charge is 0.325 e. The van der Waals surface area contributed by atoms with Crippen molar-refractivity contribution < 1.29 is 4.79 Å². The van der Waals surface area contributed by atoms with Crippen LogP contribution in [0.5, 0.6) is 0 Å². The zero-order chi connectivity index (χ0) is 21.8. The van der Waals surface area contributed by atoms with E-state index in [1.807, 2.05) is 66.1 Å². The number of aryl methyl sites for hydroxylation is 3. The first-order valence-corrected chi connectivity index (χ1v) is 11.1. The summed E-state index contributed by atoms with van der Waals surface area (Å²) in [6.45, 7) is 6.05. The number of rotatable bonds is 6. The first kappa shape index (κ1) is 20.9. The van der Waals surface area contributed by atoms with Crippen molar-refractivity contribution in [3.8, 4) is 16.8 Å². The number of benzene rings is 3. The minimum atomic E-state index is -0.0819. The third kappa shape index (κ3) is 4.70. The number of hydrogen-bond acceptors (Lipinski definition) is 4. The maximum Gasteiger partial charge on any atom is 0.234 e. The summed E-state index contributed by atoms with van der Waals surface area (Å²) in [4.78, 5) is 12.8. The molecule has 0 saturated heterocycles. The molecular weight excluding hydrogens is 404 g/mol. The standard InChI is InChI=1S/C25H24N4OS/c1-17-13-14-18(2)23(15-17)29-19(3)27-28-25(29)31-16-24(30)26-22-12-8-7-11-21(22)20-9-5-4-6-10-20/h4-15H,16H2,1-3H3,(H,26,30). The summed E-state index contributed by atoms with van der Waals surface area (Å²) < 4.78 is 2.01. The molecule has 1 N–H and O–H groups in total. The Balaban J connectivity index is 1.51. The molecule has 1 aromatic heterocycles. The maximum atomic E-state index is 12.8. The molecule has 0 atom stereocenters. The van der Waals surface area contributed by atoms with Gasteiger partial charge in [0.05, 0.1) is 11.4 Å². The highest BCUT2D eigenvalue weighted by Crippen LogP contribution is 2.29. The number of carbonyl (C=O) groups is 1. The van der Waals surface area contributed by atoms with E-state index < -0.39 is 0 Å². The van der Waals surface area contributed by atoms with Crippen LogP contribution in [0.2, 0.25) is 0 Å². The van der Waals surface area contributed by atoms with E-state index in [0.29, 0.717) is 5.16 Å². The van der Waals surface area contributed by atoms with Crippen LogP contribution in [0.4, 0.5) is 5.69 Å². The number of amides is 1. The van der Waals surface area contributed by atoms with Crippen LogP contribution in [0, 0.1) is 20.8 Å². The van der Waals surface area contributed by atoms with E-state index in [9.17, 15) is 4.79 Å². The molecule has 0 radical (unpaired) electrons. The van der Waals surface area contributed by atoms with Gasteiger partial charge in [0.2, 0.25) is 5.91 Å². The fourth-order valence-electron chi connectivity index (χ4n) is 3.45. The van der Waals surface area contributed by atoms with Gasteiger partial charge in [-0.05, 0) is 49.6 Å². The van der Waals surface area contributed by atoms with Gasteiger partial charge in [0.1, 0.15) is 5.82 Å². The van der Waals surface area contributed by atoms with E-state index in [1.165, 1.54) is 17.3 Å². The summed E-state index contributed by atoms with van der Waals surface area (Å²) in [5.41, 5.74) is 6.20. The Morgan fingerprint density at radius 2 is 1.68 bits per heavy atom. The van der Waals surface area contributed by atoms with Crippen LogP contribution in [0.1, 0.15) is 17.0 Å². The highest BCUT2D eigenvalue weighted by Gasteiger charge is 2.16. The fraction of sp³-hybridized carbons (Fsp3) is 0.160. The Morgan fingerprint density at radius 1 is 0.935 bits per heavy atom. The SMILES string of the molecule is Cc1ccc(C)c(-n2c(C)nnc2SCC(=O)Nc2ccccc2-c2ccccc2)c1. The van der Waals surface area contributed by atoms with Crippen molar-refractivity contribution in [2.75, 3.05) is 11.1 Å². The fourth-order valence-corrected chi connectivity index (χ4v) is 4.24. The van der Waals surface area contributed by atoms with E-state index in [4.69, 9.17) is 0 Å². The quantitative estimate of drug-likeness (QED) is 0.407. The lowest BCUT2D eigenvalue weighted by Crippen LogP contribution is -2.15. The van der Waals surface area contributed by atoms with Crippen molar-refractivity contribution in [3.63, 3.8) is 0 Å². The molecule has 0 unspecified atom stereocenters. The van der Waals surface area contributed by atoms with Gasteiger partial charge in [-0.25, -0.2) is 0 Å². The molecule has 0 bridgehead atoms. The van der Waals surface area contributed by atoms with E-state index in [-0.39, 0.29) is 11.7 Å². The topological polar surface area (TPSA) is 59.8 Å². The van der Waals surface area contributed by atoms with Crippen molar-refractivity contribution in [1.29, 1.82) is 0 Å². The van der Waals surface area contributed by atoms with Crippen molar-refractivity contribution in [2.45, 2.75) is 25.9 Å². The summed E-state index contributed by atoms with van der Waals surface area (Å²) in [5.74, 6) is 0.958. The van der Waals surface area contributed by atoms with Gasteiger partial charge in [0, 0.05) is 11.3 Å². The predicted octanol–water partition coefficient (Wildman–Crippen LogP) is 5.59. The van der Waals surface area contributed by atoms with Crippen LogP contribution < -0.4 is 5.32 Å². The Kier molecular flexibility index (Phi) is 6.18. The molecule has 6 heteroatoms. The molecule has 1 heterocycles. The second-order valence-corrected chi connectivity index (χ2v) is 8.35. The van der Waals surface area contributed by atoms with E-state index >= 15 is 0 Å². The van der Waals surface area contributed by atoms with Gasteiger partial charge in [0.25, 0.3) is 0 Å². The zero-order valence-electron chi connectivity index (χ0n) is 17.8. The molecule has 1 amide bonds. The molecule has 0 saturated carbocycles. The average molecular weight is 429 g/mol. The number of para-hydroxylation sites is 1. The lowest BCUT2D eigenvalue weighted by Gasteiger charge is -2.13. The number of nitrogens with one attached hydrogen (secondary N) is 1. The monoisotopic (exact) mass is 428 g/mol. The van der Waals surface area contributed by atoms with Gasteiger partial charge in [-0.1, -0.05) is 72.4 Å². The molecule has 3 aromatic carbocycles. The first-order chi connectivity index (χ1) is 15.0. The lowest BCUT2D eigenvalue weighted by molar-refractivity contribution is -0.113. The second-order valence-electron chi connectivity index (χ2n) is 7.40. The number of anilines is 1. The van der Waals surface area contributed by atoms with Gasteiger partial charge >= 0.3 is 0 Å². The Hall–Kier alpha value is -3.38. The maximum absolute atomic E-state index is 12.8. The van der Waals surface area contributed by atoms with E-state index in [1.54, 1.807) is 0 Å². The van der Waals surface area contributed by atoms with E-state index in [2.05, 4.69) is 47.6 Å². The number of hydrogen-bond donors (Lipinski definition) is 1. The van der Waals surface area contributed by atoms with Crippen molar-refractivity contribution in [3.05, 3.63) is 89.7 Å². The number of thioether (sulfide) groups is 1. The molecule has 0 spiro atoms. The normalized spacial score (nSPS) is 10.8. The smallest absolute Gasteiger partial charge is 0.234 e. The van der Waals surface area contributed by atoms with Crippen LogP contribution in [0.3, 0.4) is 0 Å². The molecule has 0 aliphatic carbocycles. The molecule has 31 heavy (non-hydrogen) atoms. The molecule has 5 nitrogen and oxygen atoms in total. The predicted molar refractivity (Wildman–Crippen MR) is 127 cm³/mol. The molecule has 4 aromatic rings. The lowest BCUT2D eigenvalue weighted by atomic mass is 10.0. The van der Waals surface area contributed by atoms with Crippen molar-refractivity contribution in [2.24, 2.45) is 0 Å². The molecule has 0 fully saturated rings. The molecule has 4 rings (SSSR count). The molecule has 156 valence electrons. The molecule has 0 aliphatic rings. The Bertz CT molecular complexity index is 1220. The summed E-state index contributed by atoms with van der Waals surface area (Å²) >= 11 is 1.38. The minimum absolute atomic E-state index is 0.0819. The summed E-state index contributed by atoms with van der Waals surface area (Å²) in [6.07, 6.45) is 0. The van der Waals surface area contributed by atoms with Crippen LogP contribution in [0.25, 0.3) is 16.8 Å². The first-order valence-electron chi connectivity index (χ1n) is 10.1. The highest BCUT2D eigenvalue weighted by molar-refractivity contribution is 7.99. The number of aromatic nitrogens is 3. The van der Waals surface area contributed by atoms with Gasteiger partial charge in [-0.3, -0.25) is 9.36 Å². The molecule has 0 aliphatic heterocycles. The average Bonchev–Trinajstić information content (AvgIpc) is 3.15. The van der Waals surface area contributed by atoms with E-state index in [0.717, 1.165) is 33.9 Å². The van der Waals surface area contributed by atoms with Crippen molar-refractivity contribution in [1.82, 2.24) is 14.8 Å². The van der Waals surface area contributed by atoms with Gasteiger partial charge in [-0.15, -0.1) is 10.2 Å². The van der Waals surface area contributed by atoms with Gasteiger partial charge in [-0.2, -0.15) is 0 Å². The summed E-state index contributed by atoms with van der Waals surface area (Å²) in [6, 6.07) is 24.2. The third-order valence-corrected chi connectivity index (χ3v) is 5.95. The summed E-state index contributed by atoms with van der Waals surface area (Å²) in [5, 5.41) is 12.3. The van der Waals surface area contributed by atoms with Crippen LogP contribution in [0.15, 0.2) is 78.0 Å². The minimum Gasteiger partial charge on any atom is -0.325 e. The van der Waals surface area contributed by atoms with Crippen LogP contribution >= 0.6 is 11.8 Å². The highest BCUT2D eigenvalue weighted by atomic mass is 32.2.